The number of rotatable bonds is 7. The molecule has 1 unspecified atom stereocenters. The van der Waals surface area contributed by atoms with Crippen molar-refractivity contribution < 1.29 is 29.0 Å². The lowest BCUT2D eigenvalue weighted by molar-refractivity contribution is -0.151. The van der Waals surface area contributed by atoms with Crippen molar-refractivity contribution in [1.29, 1.82) is 0 Å². The van der Waals surface area contributed by atoms with E-state index in [1.807, 2.05) is 35.7 Å². The first-order chi connectivity index (χ1) is 16.3. The lowest BCUT2D eigenvalue weighted by Gasteiger charge is -2.49. The highest BCUT2D eigenvalue weighted by Gasteiger charge is 2.54. The highest BCUT2D eigenvalue weighted by Crippen LogP contribution is 2.40. The van der Waals surface area contributed by atoms with Crippen LogP contribution in [-0.4, -0.2) is 85.5 Å². The summed E-state index contributed by atoms with van der Waals surface area (Å²) in [6.45, 7) is 1.02. The third kappa shape index (κ3) is 5.21. The van der Waals surface area contributed by atoms with Gasteiger partial charge in [0.25, 0.3) is 5.91 Å². The minimum Gasteiger partial charge on any atom is -0.477 e. The molecular weight excluding hydrogens is 500 g/mol. The Bertz CT molecular complexity index is 1030. The minimum absolute atomic E-state index is 0.201. The molecule has 0 saturated carbocycles. The predicted octanol–water partition coefficient (Wildman–Crippen LogP) is 0.706. The molecule has 4 rings (SSSR count). The van der Waals surface area contributed by atoms with Gasteiger partial charge in [-0.2, -0.15) is 0 Å². The van der Waals surface area contributed by atoms with Gasteiger partial charge in [-0.25, -0.2) is 4.79 Å². The van der Waals surface area contributed by atoms with E-state index >= 15 is 0 Å². The number of esters is 1. The van der Waals surface area contributed by atoms with E-state index in [9.17, 15) is 24.3 Å². The number of hydrogen-bond acceptors (Lipinski definition) is 10. The molecule has 4 aliphatic rings. The quantitative estimate of drug-likeness (QED) is 0.321. The molecule has 0 aromatic heterocycles. The van der Waals surface area contributed by atoms with E-state index < -0.39 is 41.2 Å². The van der Waals surface area contributed by atoms with E-state index in [0.29, 0.717) is 17.6 Å². The first kappa shape index (κ1) is 24.9. The molecule has 1 aliphatic carbocycles. The minimum atomic E-state index is -1.29. The van der Waals surface area contributed by atoms with Crippen molar-refractivity contribution in [3.8, 4) is 0 Å². The van der Waals surface area contributed by atoms with E-state index in [4.69, 9.17) is 10.5 Å². The van der Waals surface area contributed by atoms with Crippen LogP contribution >= 0.6 is 35.3 Å². The van der Waals surface area contributed by atoms with Crippen molar-refractivity contribution in [1.82, 2.24) is 10.2 Å². The first-order valence-electron chi connectivity index (χ1n) is 10.5. The van der Waals surface area contributed by atoms with Crippen molar-refractivity contribution in [2.24, 2.45) is 10.7 Å². The van der Waals surface area contributed by atoms with Crippen LogP contribution in [0, 0.1) is 0 Å². The highest BCUT2D eigenvalue weighted by molar-refractivity contribution is 8.20. The lowest BCUT2D eigenvalue weighted by atomic mass is 9.97. The summed E-state index contributed by atoms with van der Waals surface area (Å²) in [5, 5.41) is 11.7. The Labute approximate surface area is 208 Å². The topological polar surface area (TPSA) is 151 Å². The van der Waals surface area contributed by atoms with E-state index in [0.717, 1.165) is 22.1 Å². The number of allylic oxidation sites excluding steroid dienone is 2. The number of fused-ring (bicyclic) bond motifs is 1. The molecule has 4 N–H and O–H groups in total. The Morgan fingerprint density at radius 1 is 1.29 bits per heavy atom. The standard InChI is InChI=1S/C21H24N4O6S3/c1-10(26)31-8-12-9-34-19-15(18(28)25(19)16(12)20(29)30)24-17(27)14(22)11-2-4-13(5-3-11)23-21-32-6-7-33-21/h2-4,14-15,19,21H,5-9,22H2,1H3,(H,24,27)(H,29,30)/t14?,15-,19-/m1/s1. The molecule has 2 fully saturated rings. The Morgan fingerprint density at radius 2 is 2.03 bits per heavy atom. The number of nitrogens with two attached hydrogens (primary N) is 1. The fourth-order valence-corrected chi connectivity index (χ4v) is 7.69. The SMILES string of the molecule is CC(=O)OCC1=C(C(=O)O)N2C(=O)[C@@H](NC(=O)C(N)C3=CCC(=NC4SCCS4)C=C3)[C@H]2SC1. The molecule has 0 aromatic rings. The molecule has 3 atom stereocenters. The van der Waals surface area contributed by atoms with Gasteiger partial charge < -0.3 is 20.9 Å². The Hall–Kier alpha value is -2.22. The van der Waals surface area contributed by atoms with Gasteiger partial charge in [-0.05, 0) is 11.6 Å². The summed E-state index contributed by atoms with van der Waals surface area (Å²) in [7, 11) is 0. The second-order valence-electron chi connectivity index (χ2n) is 7.82. The lowest BCUT2D eigenvalue weighted by Crippen LogP contribution is -2.71. The van der Waals surface area contributed by atoms with Gasteiger partial charge in [-0.15, -0.1) is 35.3 Å². The molecule has 10 nitrogen and oxygen atoms in total. The van der Waals surface area contributed by atoms with Crippen molar-refractivity contribution in [2.45, 2.75) is 35.5 Å². The van der Waals surface area contributed by atoms with Crippen LogP contribution in [0.15, 0.2) is 40.1 Å². The Kier molecular flexibility index (Phi) is 7.75. The fraction of sp³-hybridized carbons (Fsp3) is 0.476. The van der Waals surface area contributed by atoms with Crippen LogP contribution in [-0.2, 0) is 23.9 Å². The number of ether oxygens (including phenoxy) is 1. The van der Waals surface area contributed by atoms with Gasteiger partial charge in [0.15, 0.2) is 0 Å². The summed E-state index contributed by atoms with van der Waals surface area (Å²) in [6.07, 6.45) is 6.08. The molecule has 3 heterocycles. The number of nitrogens with one attached hydrogen (secondary N) is 1. The van der Waals surface area contributed by atoms with Crippen LogP contribution in [0.1, 0.15) is 13.3 Å². The molecule has 0 radical (unpaired) electrons. The number of aliphatic imine (C=N–C) groups is 1. The monoisotopic (exact) mass is 524 g/mol. The molecule has 34 heavy (non-hydrogen) atoms. The van der Waals surface area contributed by atoms with Gasteiger partial charge >= 0.3 is 11.9 Å². The number of aliphatic carboxylic acids is 1. The van der Waals surface area contributed by atoms with Crippen molar-refractivity contribution in [3.05, 3.63) is 35.1 Å². The van der Waals surface area contributed by atoms with E-state index in [2.05, 4.69) is 10.3 Å². The summed E-state index contributed by atoms with van der Waals surface area (Å²) >= 11 is 4.92. The number of β-lactam (4-membered cyclic amide) rings is 1. The van der Waals surface area contributed by atoms with Crippen molar-refractivity contribution in [3.63, 3.8) is 0 Å². The van der Waals surface area contributed by atoms with Gasteiger partial charge in [-0.1, -0.05) is 12.2 Å². The second kappa shape index (κ2) is 10.6. The van der Waals surface area contributed by atoms with Crippen molar-refractivity contribution >= 4 is 64.8 Å². The number of carbonyl (C=O) groups is 4. The molecule has 2 saturated heterocycles. The summed E-state index contributed by atoms with van der Waals surface area (Å²) < 4.78 is 5.13. The largest absolute Gasteiger partial charge is 0.477 e. The van der Waals surface area contributed by atoms with Gasteiger partial charge in [-0.3, -0.25) is 24.3 Å². The molecule has 0 bridgehead atoms. The van der Waals surface area contributed by atoms with Crippen LogP contribution in [0.4, 0.5) is 0 Å². The molecule has 13 heteroatoms. The van der Waals surface area contributed by atoms with Crippen LogP contribution in [0.5, 0.6) is 0 Å². The number of hydrogen-bond donors (Lipinski definition) is 3. The number of carboxylic acid groups (broad SMARTS) is 1. The van der Waals surface area contributed by atoms with Crippen LogP contribution in [0.3, 0.4) is 0 Å². The molecular formula is C21H24N4O6S3. The zero-order valence-electron chi connectivity index (χ0n) is 18.3. The Balaban J connectivity index is 1.37. The van der Waals surface area contributed by atoms with E-state index in [1.165, 1.54) is 18.7 Å². The summed E-state index contributed by atoms with van der Waals surface area (Å²) in [5.74, 6) is -0.431. The maximum absolute atomic E-state index is 12.8. The molecule has 0 aromatic carbocycles. The highest BCUT2D eigenvalue weighted by atomic mass is 32.2. The average Bonchev–Trinajstić information content (AvgIpc) is 3.33. The summed E-state index contributed by atoms with van der Waals surface area (Å²) in [5.41, 5.74) is 7.85. The van der Waals surface area contributed by atoms with Gasteiger partial charge in [0.05, 0.1) is 0 Å². The number of nitrogens with zero attached hydrogens (tertiary/aromatic N) is 2. The zero-order chi connectivity index (χ0) is 24.4. The smallest absolute Gasteiger partial charge is 0.352 e. The number of carbonyl (C=O) groups excluding carboxylic acids is 3. The maximum atomic E-state index is 12.8. The summed E-state index contributed by atoms with van der Waals surface area (Å²) in [6, 6.07) is -1.84. The molecule has 3 aliphatic heterocycles. The third-order valence-corrected chi connectivity index (χ3v) is 9.60. The predicted molar refractivity (Wildman–Crippen MR) is 132 cm³/mol. The second-order valence-corrected chi connectivity index (χ2v) is 11.6. The Morgan fingerprint density at radius 3 is 2.65 bits per heavy atom. The van der Waals surface area contributed by atoms with Crippen molar-refractivity contribution in [2.75, 3.05) is 23.9 Å². The third-order valence-electron chi connectivity index (χ3n) is 5.53. The van der Waals surface area contributed by atoms with Crippen LogP contribution in [0.25, 0.3) is 0 Å². The molecule has 0 spiro atoms. The van der Waals surface area contributed by atoms with Gasteiger partial charge in [0.2, 0.25) is 5.91 Å². The van der Waals surface area contributed by atoms with E-state index in [-0.39, 0.29) is 22.8 Å². The summed E-state index contributed by atoms with van der Waals surface area (Å²) in [4.78, 5) is 54.2. The normalized spacial score (nSPS) is 26.6. The fourth-order valence-electron chi connectivity index (χ4n) is 3.81. The van der Waals surface area contributed by atoms with Crippen LogP contribution in [0.2, 0.25) is 0 Å². The number of amides is 2. The first-order valence-corrected chi connectivity index (χ1v) is 13.7. The maximum Gasteiger partial charge on any atom is 0.352 e. The zero-order valence-corrected chi connectivity index (χ0v) is 20.7. The number of thioether (sulfide) groups is 3. The average molecular weight is 525 g/mol. The number of carboxylic acids is 1. The van der Waals surface area contributed by atoms with E-state index in [1.54, 1.807) is 6.08 Å². The van der Waals surface area contributed by atoms with Gasteiger partial charge in [0.1, 0.15) is 34.5 Å². The van der Waals surface area contributed by atoms with Gasteiger partial charge in [0, 0.05) is 41.9 Å². The van der Waals surface area contributed by atoms with Crippen LogP contribution < -0.4 is 11.1 Å². The molecule has 182 valence electrons. The molecule has 2 amide bonds.